The van der Waals surface area contributed by atoms with Crippen LogP contribution in [0.25, 0.3) is 0 Å². The first-order chi connectivity index (χ1) is 7.27. The fourth-order valence-electron chi connectivity index (χ4n) is 1.40. The zero-order chi connectivity index (χ0) is 10.7. The van der Waals surface area contributed by atoms with E-state index >= 15 is 0 Å². The van der Waals surface area contributed by atoms with Crippen molar-refractivity contribution in [2.75, 3.05) is 0 Å². The van der Waals surface area contributed by atoms with Gasteiger partial charge < -0.3 is 10.3 Å². The monoisotopic (exact) mass is 237 g/mol. The lowest BCUT2D eigenvalue weighted by Gasteiger charge is -2.05. The predicted molar refractivity (Wildman–Crippen MR) is 66.1 cm³/mol. The lowest BCUT2D eigenvalue weighted by atomic mass is 10.2. The quantitative estimate of drug-likeness (QED) is 0.825. The molecule has 5 heteroatoms. The van der Waals surface area contributed by atoms with E-state index in [1.54, 1.807) is 17.5 Å². The van der Waals surface area contributed by atoms with Gasteiger partial charge in [-0.1, -0.05) is 12.2 Å². The summed E-state index contributed by atoms with van der Waals surface area (Å²) in [4.78, 5) is 4.47. The van der Waals surface area contributed by atoms with Gasteiger partial charge in [0.25, 0.3) is 0 Å². The molecule has 0 unspecified atom stereocenters. The Morgan fingerprint density at radius 1 is 1.60 bits per heavy atom. The molecule has 2 aromatic heterocycles. The van der Waals surface area contributed by atoms with Gasteiger partial charge in [0, 0.05) is 18.9 Å². The van der Waals surface area contributed by atoms with E-state index in [9.17, 15) is 0 Å². The van der Waals surface area contributed by atoms with Crippen molar-refractivity contribution in [1.29, 1.82) is 0 Å². The third-order valence-corrected chi connectivity index (χ3v) is 3.07. The lowest BCUT2D eigenvalue weighted by Crippen LogP contribution is -2.17. The van der Waals surface area contributed by atoms with E-state index in [2.05, 4.69) is 21.8 Å². The summed E-state index contributed by atoms with van der Waals surface area (Å²) in [6.07, 6.45) is 4.61. The van der Waals surface area contributed by atoms with E-state index in [0.717, 1.165) is 13.0 Å². The van der Waals surface area contributed by atoms with Crippen molar-refractivity contribution in [3.63, 3.8) is 0 Å². The minimum Gasteiger partial charge on any atom is -0.387 e. The van der Waals surface area contributed by atoms with E-state index in [-0.39, 0.29) is 0 Å². The van der Waals surface area contributed by atoms with Crippen LogP contribution in [0.4, 0.5) is 0 Å². The summed E-state index contributed by atoms with van der Waals surface area (Å²) in [7, 11) is 0. The first kappa shape index (κ1) is 10.3. The van der Waals surface area contributed by atoms with Gasteiger partial charge in [-0.25, -0.2) is 4.98 Å². The number of thiophene rings is 1. The second-order valence-electron chi connectivity index (χ2n) is 3.19. The van der Waals surface area contributed by atoms with Crippen LogP contribution in [0.3, 0.4) is 0 Å². The van der Waals surface area contributed by atoms with Gasteiger partial charge in [-0.2, -0.15) is 11.3 Å². The Bertz CT molecular complexity index is 445. The first-order valence-corrected chi connectivity index (χ1v) is 5.94. The molecule has 0 saturated heterocycles. The zero-order valence-electron chi connectivity index (χ0n) is 8.09. The predicted octanol–water partition coefficient (Wildman–Crippen LogP) is 1.82. The smallest absolute Gasteiger partial charge is 0.167 e. The number of imidazole rings is 1. The van der Waals surface area contributed by atoms with Crippen LogP contribution in [0.1, 0.15) is 11.4 Å². The lowest BCUT2D eigenvalue weighted by molar-refractivity contribution is 0.691. The average Bonchev–Trinajstić information content (AvgIpc) is 2.86. The van der Waals surface area contributed by atoms with Crippen molar-refractivity contribution in [3.8, 4) is 0 Å². The second-order valence-corrected chi connectivity index (χ2v) is 4.41. The molecule has 0 radical (unpaired) electrons. The van der Waals surface area contributed by atoms with Crippen molar-refractivity contribution in [1.82, 2.24) is 9.55 Å². The highest BCUT2D eigenvalue weighted by Crippen LogP contribution is 2.08. The number of nitrogens with two attached hydrogens (primary N) is 1. The summed E-state index contributed by atoms with van der Waals surface area (Å²) in [6, 6.07) is 2.13. The third-order valence-electron chi connectivity index (χ3n) is 2.16. The molecule has 2 aromatic rings. The van der Waals surface area contributed by atoms with Crippen molar-refractivity contribution in [2.24, 2.45) is 5.73 Å². The first-order valence-electron chi connectivity index (χ1n) is 4.59. The van der Waals surface area contributed by atoms with Gasteiger partial charge in [0.15, 0.2) is 5.82 Å². The van der Waals surface area contributed by atoms with Gasteiger partial charge >= 0.3 is 0 Å². The molecular formula is C10H11N3S2. The molecule has 0 aliphatic heterocycles. The second kappa shape index (κ2) is 4.55. The maximum absolute atomic E-state index is 5.56. The van der Waals surface area contributed by atoms with Crippen LogP contribution in [0, 0.1) is 0 Å². The largest absolute Gasteiger partial charge is 0.387 e. The van der Waals surface area contributed by atoms with E-state index < -0.39 is 0 Å². The van der Waals surface area contributed by atoms with Crippen LogP contribution >= 0.6 is 23.6 Å². The van der Waals surface area contributed by atoms with Gasteiger partial charge in [0.2, 0.25) is 0 Å². The van der Waals surface area contributed by atoms with Gasteiger partial charge in [-0.3, -0.25) is 0 Å². The van der Waals surface area contributed by atoms with Crippen LogP contribution in [-0.4, -0.2) is 14.5 Å². The Morgan fingerprint density at radius 2 is 2.47 bits per heavy atom. The average molecular weight is 237 g/mol. The molecule has 0 saturated carbocycles. The van der Waals surface area contributed by atoms with Crippen LogP contribution < -0.4 is 5.73 Å². The minimum absolute atomic E-state index is 0.352. The maximum atomic E-state index is 5.56. The Morgan fingerprint density at radius 3 is 3.13 bits per heavy atom. The molecular weight excluding hydrogens is 226 g/mol. The van der Waals surface area contributed by atoms with E-state index in [1.165, 1.54) is 5.56 Å². The van der Waals surface area contributed by atoms with E-state index in [4.69, 9.17) is 18.0 Å². The molecule has 2 heterocycles. The molecule has 0 bridgehead atoms. The summed E-state index contributed by atoms with van der Waals surface area (Å²) >= 11 is 6.63. The van der Waals surface area contributed by atoms with Gasteiger partial charge in [0.1, 0.15) is 4.99 Å². The molecule has 0 spiro atoms. The van der Waals surface area contributed by atoms with E-state index in [0.29, 0.717) is 10.8 Å². The Kier molecular flexibility index (Phi) is 3.13. The highest BCUT2D eigenvalue weighted by atomic mass is 32.1. The minimum atomic E-state index is 0.352. The van der Waals surface area contributed by atoms with Crippen LogP contribution in [0.5, 0.6) is 0 Å². The number of aromatic nitrogens is 2. The number of hydrogen-bond acceptors (Lipinski definition) is 3. The summed E-state index contributed by atoms with van der Waals surface area (Å²) in [5.74, 6) is 0.695. The molecule has 0 amide bonds. The standard InChI is InChI=1S/C10H11N3S2/c11-9(14)10-12-3-5-13(10)4-1-8-2-6-15-7-8/h2-3,5-7H,1,4H2,(H2,11,14). The molecule has 3 nitrogen and oxygen atoms in total. The van der Waals surface area contributed by atoms with Crippen molar-refractivity contribution < 1.29 is 0 Å². The zero-order valence-corrected chi connectivity index (χ0v) is 9.72. The molecule has 0 aliphatic rings. The van der Waals surface area contributed by atoms with E-state index in [1.807, 2.05) is 10.8 Å². The fraction of sp³-hybridized carbons (Fsp3) is 0.200. The number of thiocarbonyl (C=S) groups is 1. The van der Waals surface area contributed by atoms with Crippen molar-refractivity contribution in [2.45, 2.75) is 13.0 Å². The van der Waals surface area contributed by atoms with Crippen LogP contribution in [0.2, 0.25) is 0 Å². The number of nitrogens with zero attached hydrogens (tertiary/aromatic N) is 2. The Balaban J connectivity index is 2.05. The molecule has 2 N–H and O–H groups in total. The van der Waals surface area contributed by atoms with Crippen molar-refractivity contribution >= 4 is 28.5 Å². The number of hydrogen-bond donors (Lipinski definition) is 1. The van der Waals surface area contributed by atoms with Crippen LogP contribution in [-0.2, 0) is 13.0 Å². The van der Waals surface area contributed by atoms with Crippen molar-refractivity contribution in [3.05, 3.63) is 40.6 Å². The maximum Gasteiger partial charge on any atom is 0.167 e. The highest BCUT2D eigenvalue weighted by Gasteiger charge is 2.04. The molecule has 0 aliphatic carbocycles. The molecule has 0 fully saturated rings. The molecule has 0 aromatic carbocycles. The van der Waals surface area contributed by atoms with Gasteiger partial charge in [-0.05, 0) is 28.8 Å². The van der Waals surface area contributed by atoms with Gasteiger partial charge in [0.05, 0.1) is 0 Å². The number of rotatable bonds is 4. The topological polar surface area (TPSA) is 43.8 Å². The summed E-state index contributed by atoms with van der Waals surface area (Å²) in [5, 5.41) is 4.23. The Hall–Kier alpha value is -1.20. The SMILES string of the molecule is NC(=S)c1nccn1CCc1ccsc1. The summed E-state index contributed by atoms with van der Waals surface area (Å²) < 4.78 is 1.99. The summed E-state index contributed by atoms with van der Waals surface area (Å²) in [6.45, 7) is 0.864. The molecule has 2 rings (SSSR count). The summed E-state index contributed by atoms with van der Waals surface area (Å²) in [5.41, 5.74) is 6.89. The fourth-order valence-corrected chi connectivity index (χ4v) is 2.27. The number of aryl methyl sites for hydroxylation is 2. The highest BCUT2D eigenvalue weighted by molar-refractivity contribution is 7.80. The van der Waals surface area contributed by atoms with Crippen LogP contribution in [0.15, 0.2) is 29.2 Å². The molecule has 15 heavy (non-hydrogen) atoms. The van der Waals surface area contributed by atoms with Gasteiger partial charge in [-0.15, -0.1) is 0 Å². The normalized spacial score (nSPS) is 10.4. The molecule has 0 atom stereocenters. The third kappa shape index (κ3) is 2.43. The molecule has 78 valence electrons. The Labute approximate surface area is 97.6 Å².